The smallest absolute Gasteiger partial charge is 0.122 e. The largest absolute Gasteiger partial charge is 0.396 e. The van der Waals surface area contributed by atoms with Gasteiger partial charge in [-0.3, -0.25) is 0 Å². The molecule has 0 aliphatic carbocycles. The minimum absolute atomic E-state index is 0.0534. The van der Waals surface area contributed by atoms with Crippen LogP contribution in [-0.2, 0) is 0 Å². The van der Waals surface area contributed by atoms with Gasteiger partial charge < -0.3 is 5.11 Å². The maximum Gasteiger partial charge on any atom is 0.122 e. The van der Waals surface area contributed by atoms with Crippen molar-refractivity contribution in [2.75, 3.05) is 6.61 Å². The number of rotatable bonds is 4. The highest BCUT2D eigenvalue weighted by atomic mass is 19.1. The van der Waals surface area contributed by atoms with Crippen molar-refractivity contribution >= 4 is 0 Å². The molecule has 0 saturated heterocycles. The van der Waals surface area contributed by atoms with Crippen molar-refractivity contribution in [2.24, 2.45) is 0 Å². The highest BCUT2D eigenvalue weighted by Crippen LogP contribution is 1.98. The number of aliphatic hydroxyl groups is 1. The highest BCUT2D eigenvalue weighted by molar-refractivity contribution is 5.15. The van der Waals surface area contributed by atoms with Gasteiger partial charge >= 0.3 is 0 Å². The maximum absolute atomic E-state index is 12.3. The van der Waals surface area contributed by atoms with E-state index in [2.05, 4.69) is 6.58 Å². The van der Waals surface area contributed by atoms with Gasteiger partial charge in [-0.15, -0.1) is 0 Å². The number of hydrogen-bond donors (Lipinski definition) is 1. The SMILES string of the molecule is C=C/C=C(F)\C=C/CCO. The van der Waals surface area contributed by atoms with E-state index < -0.39 is 0 Å². The molecule has 0 aromatic rings. The number of hydrogen-bond acceptors (Lipinski definition) is 1. The Morgan fingerprint density at radius 2 is 2.30 bits per heavy atom. The van der Waals surface area contributed by atoms with Crippen LogP contribution >= 0.6 is 0 Å². The Bertz CT molecular complexity index is 147. The van der Waals surface area contributed by atoms with Crippen molar-refractivity contribution in [1.82, 2.24) is 0 Å². The second-order valence-electron chi connectivity index (χ2n) is 1.70. The lowest BCUT2D eigenvalue weighted by Crippen LogP contribution is -1.75. The lowest BCUT2D eigenvalue weighted by atomic mass is 10.3. The fraction of sp³-hybridized carbons (Fsp3) is 0.250. The first-order chi connectivity index (χ1) is 4.81. The third kappa shape index (κ3) is 5.25. The van der Waals surface area contributed by atoms with Gasteiger partial charge in [-0.25, -0.2) is 4.39 Å². The molecule has 0 bridgehead atoms. The van der Waals surface area contributed by atoms with Crippen molar-refractivity contribution in [3.8, 4) is 0 Å². The Hall–Kier alpha value is -0.890. The molecule has 0 amide bonds. The molecule has 0 aromatic carbocycles. The molecule has 0 atom stereocenters. The topological polar surface area (TPSA) is 20.2 Å². The van der Waals surface area contributed by atoms with E-state index in [0.717, 1.165) is 0 Å². The van der Waals surface area contributed by atoms with Crippen LogP contribution in [0.5, 0.6) is 0 Å². The van der Waals surface area contributed by atoms with E-state index in [9.17, 15) is 4.39 Å². The van der Waals surface area contributed by atoms with Gasteiger partial charge in [-0.2, -0.15) is 0 Å². The molecule has 2 heteroatoms. The van der Waals surface area contributed by atoms with Gasteiger partial charge in [0.1, 0.15) is 5.83 Å². The summed E-state index contributed by atoms with van der Waals surface area (Å²) in [6.45, 7) is 3.38. The summed E-state index contributed by atoms with van der Waals surface area (Å²) in [5.41, 5.74) is 0. The van der Waals surface area contributed by atoms with Gasteiger partial charge in [0.2, 0.25) is 0 Å². The molecule has 0 saturated carbocycles. The predicted molar refractivity (Wildman–Crippen MR) is 40.2 cm³/mol. The summed E-state index contributed by atoms with van der Waals surface area (Å²) in [6, 6.07) is 0. The zero-order valence-electron chi connectivity index (χ0n) is 5.76. The summed E-state index contributed by atoms with van der Waals surface area (Å²) in [7, 11) is 0. The van der Waals surface area contributed by atoms with Crippen molar-refractivity contribution < 1.29 is 9.50 Å². The summed E-state index contributed by atoms with van der Waals surface area (Å²) < 4.78 is 12.3. The molecule has 0 rings (SSSR count). The molecule has 56 valence electrons. The fourth-order valence-electron chi connectivity index (χ4n) is 0.439. The van der Waals surface area contributed by atoms with E-state index in [1.54, 1.807) is 6.08 Å². The Kier molecular flexibility index (Phi) is 5.68. The molecule has 0 unspecified atom stereocenters. The molecule has 0 aliphatic heterocycles. The highest BCUT2D eigenvalue weighted by Gasteiger charge is 1.81. The molecule has 1 nitrogen and oxygen atoms in total. The summed E-state index contributed by atoms with van der Waals surface area (Å²) in [4.78, 5) is 0. The monoisotopic (exact) mass is 142 g/mol. The normalized spacial score (nSPS) is 12.4. The summed E-state index contributed by atoms with van der Waals surface area (Å²) in [5.74, 6) is -0.344. The first kappa shape index (κ1) is 9.11. The Morgan fingerprint density at radius 1 is 1.60 bits per heavy atom. The van der Waals surface area contributed by atoms with E-state index in [-0.39, 0.29) is 12.4 Å². The van der Waals surface area contributed by atoms with Crippen molar-refractivity contribution in [1.29, 1.82) is 0 Å². The first-order valence-electron chi connectivity index (χ1n) is 3.07. The minimum Gasteiger partial charge on any atom is -0.396 e. The van der Waals surface area contributed by atoms with Crippen LogP contribution < -0.4 is 0 Å². The molecule has 10 heavy (non-hydrogen) atoms. The van der Waals surface area contributed by atoms with Gasteiger partial charge in [-0.05, 0) is 18.6 Å². The second-order valence-corrected chi connectivity index (χ2v) is 1.70. The van der Waals surface area contributed by atoms with Gasteiger partial charge in [0.05, 0.1) is 0 Å². The van der Waals surface area contributed by atoms with E-state index in [0.29, 0.717) is 6.42 Å². The lowest BCUT2D eigenvalue weighted by Gasteiger charge is -1.83. The van der Waals surface area contributed by atoms with Crippen LogP contribution in [-0.4, -0.2) is 11.7 Å². The Labute approximate surface area is 60.2 Å². The van der Waals surface area contributed by atoms with Crippen LogP contribution in [0.4, 0.5) is 4.39 Å². The van der Waals surface area contributed by atoms with E-state index in [1.807, 2.05) is 0 Å². The van der Waals surface area contributed by atoms with Crippen molar-refractivity contribution in [3.05, 3.63) is 36.7 Å². The molecule has 0 spiro atoms. The fourth-order valence-corrected chi connectivity index (χ4v) is 0.439. The molecular weight excluding hydrogens is 131 g/mol. The number of allylic oxidation sites excluding steroid dienone is 4. The quantitative estimate of drug-likeness (QED) is 0.595. The van der Waals surface area contributed by atoms with Gasteiger partial charge in [0, 0.05) is 6.61 Å². The lowest BCUT2D eigenvalue weighted by molar-refractivity contribution is 0.302. The summed E-state index contributed by atoms with van der Waals surface area (Å²) >= 11 is 0. The van der Waals surface area contributed by atoms with Crippen LogP contribution in [0.1, 0.15) is 6.42 Å². The third-order valence-corrected chi connectivity index (χ3v) is 0.850. The predicted octanol–water partition coefficient (Wildman–Crippen LogP) is 1.96. The van der Waals surface area contributed by atoms with Crippen molar-refractivity contribution in [2.45, 2.75) is 6.42 Å². The third-order valence-electron chi connectivity index (χ3n) is 0.850. The molecule has 0 heterocycles. The maximum atomic E-state index is 12.3. The van der Waals surface area contributed by atoms with Crippen LogP contribution in [0.3, 0.4) is 0 Å². The van der Waals surface area contributed by atoms with E-state index >= 15 is 0 Å². The zero-order valence-corrected chi connectivity index (χ0v) is 5.76. The van der Waals surface area contributed by atoms with Crippen LogP contribution in [0, 0.1) is 0 Å². The number of halogens is 1. The van der Waals surface area contributed by atoms with E-state index in [4.69, 9.17) is 5.11 Å². The Morgan fingerprint density at radius 3 is 2.80 bits per heavy atom. The molecule has 1 N–H and O–H groups in total. The van der Waals surface area contributed by atoms with Gasteiger partial charge in [0.25, 0.3) is 0 Å². The van der Waals surface area contributed by atoms with Crippen molar-refractivity contribution in [3.63, 3.8) is 0 Å². The van der Waals surface area contributed by atoms with Crippen LogP contribution in [0.25, 0.3) is 0 Å². The van der Waals surface area contributed by atoms with Gasteiger partial charge in [-0.1, -0.05) is 18.7 Å². The minimum atomic E-state index is -0.344. The first-order valence-corrected chi connectivity index (χ1v) is 3.07. The molecular formula is C8H11FO. The number of aliphatic hydroxyl groups excluding tert-OH is 1. The molecule has 0 aromatic heterocycles. The van der Waals surface area contributed by atoms with Crippen LogP contribution in [0.2, 0.25) is 0 Å². The molecule has 0 radical (unpaired) electrons. The average molecular weight is 142 g/mol. The van der Waals surface area contributed by atoms with Gasteiger partial charge in [0.15, 0.2) is 0 Å². The molecule has 0 aliphatic rings. The standard InChI is InChI=1S/C8H11FO/c1-2-5-8(9)6-3-4-7-10/h2-3,5-6,10H,1,4,7H2/b6-3-,8-5+. The summed E-state index contributed by atoms with van der Waals surface area (Å²) in [6.07, 6.45) is 5.98. The Balaban J connectivity index is 3.65. The van der Waals surface area contributed by atoms with Crippen LogP contribution in [0.15, 0.2) is 36.7 Å². The molecule has 0 fully saturated rings. The summed E-state index contributed by atoms with van der Waals surface area (Å²) in [5, 5.41) is 8.30. The van der Waals surface area contributed by atoms with E-state index in [1.165, 1.54) is 18.2 Å². The zero-order chi connectivity index (χ0) is 7.82. The second kappa shape index (κ2) is 6.23. The average Bonchev–Trinajstić information content (AvgIpc) is 1.89.